The highest BCUT2D eigenvalue weighted by atomic mass is 16.5. The van der Waals surface area contributed by atoms with Gasteiger partial charge in [0.1, 0.15) is 0 Å². The molecule has 8 nitrogen and oxygen atoms in total. The second kappa shape index (κ2) is 9.75. The predicted octanol–water partition coefficient (Wildman–Crippen LogP) is 0.283. The molecule has 2 aromatic rings. The molecular weight excluding hydrogens is 346 g/mol. The summed E-state index contributed by atoms with van der Waals surface area (Å²) in [5.41, 5.74) is 1.88. The minimum Gasteiger partial charge on any atom is -0.379 e. The molecule has 1 saturated heterocycles. The van der Waals surface area contributed by atoms with Crippen LogP contribution in [0.3, 0.4) is 0 Å². The van der Waals surface area contributed by atoms with Gasteiger partial charge in [-0.25, -0.2) is 0 Å². The quantitative estimate of drug-likeness (QED) is 0.710. The van der Waals surface area contributed by atoms with Crippen LogP contribution >= 0.6 is 0 Å². The molecule has 1 atom stereocenters. The number of nitrogens with one attached hydrogen (secondary N) is 2. The van der Waals surface area contributed by atoms with E-state index in [4.69, 9.17) is 4.74 Å². The van der Waals surface area contributed by atoms with Gasteiger partial charge in [0.15, 0.2) is 0 Å². The molecule has 1 aliphatic heterocycles. The number of aromatic nitrogens is 2. The summed E-state index contributed by atoms with van der Waals surface area (Å²) in [6, 6.07) is 7.36. The number of ether oxygens (including phenoxy) is 1. The number of rotatable bonds is 6. The summed E-state index contributed by atoms with van der Waals surface area (Å²) in [7, 11) is 0. The minimum absolute atomic E-state index is 0.0560. The Morgan fingerprint density at radius 2 is 1.78 bits per heavy atom. The van der Waals surface area contributed by atoms with Crippen molar-refractivity contribution in [3.8, 4) is 0 Å². The van der Waals surface area contributed by atoms with Crippen molar-refractivity contribution in [1.82, 2.24) is 25.5 Å². The van der Waals surface area contributed by atoms with E-state index in [1.54, 1.807) is 36.9 Å². The highest BCUT2D eigenvalue weighted by Crippen LogP contribution is 2.20. The van der Waals surface area contributed by atoms with Crippen LogP contribution in [-0.2, 0) is 20.9 Å². The Kier molecular flexibility index (Phi) is 6.84. The van der Waals surface area contributed by atoms with Gasteiger partial charge >= 0.3 is 11.8 Å². The Bertz CT molecular complexity index is 736. The van der Waals surface area contributed by atoms with Crippen molar-refractivity contribution in [3.63, 3.8) is 0 Å². The lowest BCUT2D eigenvalue weighted by atomic mass is 10.1. The third-order valence-corrected chi connectivity index (χ3v) is 4.42. The molecule has 0 aromatic carbocycles. The van der Waals surface area contributed by atoms with Crippen LogP contribution in [0.2, 0.25) is 0 Å². The van der Waals surface area contributed by atoms with Gasteiger partial charge in [-0.15, -0.1) is 0 Å². The molecule has 2 aromatic heterocycles. The lowest BCUT2D eigenvalue weighted by molar-refractivity contribution is -0.139. The van der Waals surface area contributed by atoms with E-state index in [-0.39, 0.29) is 12.6 Å². The Balaban J connectivity index is 1.55. The second-order valence-electron chi connectivity index (χ2n) is 6.20. The van der Waals surface area contributed by atoms with E-state index in [0.717, 1.165) is 24.2 Å². The summed E-state index contributed by atoms with van der Waals surface area (Å²) in [5.74, 6) is -1.30. The van der Waals surface area contributed by atoms with Crippen molar-refractivity contribution in [2.45, 2.75) is 12.6 Å². The van der Waals surface area contributed by atoms with Crippen LogP contribution in [0.4, 0.5) is 0 Å². The van der Waals surface area contributed by atoms with Gasteiger partial charge in [0, 0.05) is 51.0 Å². The van der Waals surface area contributed by atoms with E-state index in [2.05, 4.69) is 25.5 Å². The molecule has 0 saturated carbocycles. The molecule has 1 aliphatic rings. The summed E-state index contributed by atoms with van der Waals surface area (Å²) in [6.07, 6.45) is 6.78. The molecule has 2 N–H and O–H groups in total. The van der Waals surface area contributed by atoms with Crippen molar-refractivity contribution < 1.29 is 14.3 Å². The van der Waals surface area contributed by atoms with Crippen molar-refractivity contribution in [2.24, 2.45) is 0 Å². The fourth-order valence-electron chi connectivity index (χ4n) is 2.95. The van der Waals surface area contributed by atoms with Gasteiger partial charge in [-0.05, 0) is 29.3 Å². The zero-order valence-corrected chi connectivity index (χ0v) is 15.0. The first-order chi connectivity index (χ1) is 13.2. The summed E-state index contributed by atoms with van der Waals surface area (Å²) in [6.45, 7) is 3.44. The van der Waals surface area contributed by atoms with E-state index in [1.807, 2.05) is 12.1 Å². The topological polar surface area (TPSA) is 96.5 Å². The number of pyridine rings is 2. The fourth-order valence-corrected chi connectivity index (χ4v) is 2.95. The Morgan fingerprint density at radius 1 is 1.04 bits per heavy atom. The zero-order valence-electron chi connectivity index (χ0n) is 15.0. The zero-order chi connectivity index (χ0) is 18.9. The highest BCUT2D eigenvalue weighted by molar-refractivity contribution is 6.35. The van der Waals surface area contributed by atoms with E-state index in [0.29, 0.717) is 19.8 Å². The first-order valence-corrected chi connectivity index (χ1v) is 8.90. The number of hydrogen-bond acceptors (Lipinski definition) is 6. The number of carbonyl (C=O) groups is 2. The molecule has 0 aliphatic carbocycles. The first kappa shape index (κ1) is 18.9. The maximum atomic E-state index is 12.2. The highest BCUT2D eigenvalue weighted by Gasteiger charge is 2.24. The molecule has 142 valence electrons. The third kappa shape index (κ3) is 5.57. The number of nitrogens with zero attached hydrogens (tertiary/aromatic N) is 3. The molecule has 3 heterocycles. The van der Waals surface area contributed by atoms with Crippen LogP contribution in [0.1, 0.15) is 17.2 Å². The molecular formula is C19H23N5O3. The van der Waals surface area contributed by atoms with Crippen LogP contribution < -0.4 is 10.6 Å². The molecule has 2 amide bonds. The van der Waals surface area contributed by atoms with Crippen LogP contribution in [0.5, 0.6) is 0 Å². The van der Waals surface area contributed by atoms with Gasteiger partial charge in [-0.2, -0.15) is 0 Å². The van der Waals surface area contributed by atoms with Gasteiger partial charge in [0.25, 0.3) is 0 Å². The van der Waals surface area contributed by atoms with E-state index in [9.17, 15) is 9.59 Å². The number of carbonyl (C=O) groups excluding carboxylic acids is 2. The largest absolute Gasteiger partial charge is 0.379 e. The van der Waals surface area contributed by atoms with Gasteiger partial charge in [-0.1, -0.05) is 6.07 Å². The molecule has 0 radical (unpaired) electrons. The SMILES string of the molecule is O=C(NCc1ccncc1)C(=O)NCC(c1cccnc1)N1CCOCC1. The normalized spacial score (nSPS) is 15.7. The monoisotopic (exact) mass is 369 g/mol. The Labute approximate surface area is 158 Å². The van der Waals surface area contributed by atoms with E-state index in [1.165, 1.54) is 0 Å². The van der Waals surface area contributed by atoms with Crippen molar-refractivity contribution in [3.05, 3.63) is 60.2 Å². The van der Waals surface area contributed by atoms with Gasteiger partial charge < -0.3 is 15.4 Å². The Hall–Kier alpha value is -2.84. The molecule has 3 rings (SSSR count). The van der Waals surface area contributed by atoms with Crippen molar-refractivity contribution in [1.29, 1.82) is 0 Å². The smallest absolute Gasteiger partial charge is 0.309 e. The molecule has 0 bridgehead atoms. The van der Waals surface area contributed by atoms with E-state index >= 15 is 0 Å². The first-order valence-electron chi connectivity index (χ1n) is 8.90. The van der Waals surface area contributed by atoms with Gasteiger partial charge in [0.2, 0.25) is 0 Å². The number of morpholine rings is 1. The molecule has 8 heteroatoms. The fraction of sp³-hybridized carbons (Fsp3) is 0.368. The predicted molar refractivity (Wildman–Crippen MR) is 98.5 cm³/mol. The number of amides is 2. The van der Waals surface area contributed by atoms with Crippen LogP contribution in [-0.4, -0.2) is 59.5 Å². The molecule has 1 unspecified atom stereocenters. The Morgan fingerprint density at radius 3 is 2.48 bits per heavy atom. The van der Waals surface area contributed by atoms with Crippen molar-refractivity contribution in [2.75, 3.05) is 32.8 Å². The van der Waals surface area contributed by atoms with Crippen LogP contribution in [0.15, 0.2) is 49.1 Å². The number of hydrogen-bond donors (Lipinski definition) is 2. The third-order valence-electron chi connectivity index (χ3n) is 4.42. The molecule has 1 fully saturated rings. The standard InChI is InChI=1S/C19H23N5O3/c25-18(22-12-15-3-6-20-7-4-15)19(26)23-14-17(16-2-1-5-21-13-16)24-8-10-27-11-9-24/h1-7,13,17H,8-12,14H2,(H,22,25)(H,23,26). The molecule has 0 spiro atoms. The summed E-state index contributed by atoms with van der Waals surface area (Å²) < 4.78 is 5.41. The van der Waals surface area contributed by atoms with Crippen LogP contribution in [0, 0.1) is 0 Å². The average molecular weight is 369 g/mol. The maximum Gasteiger partial charge on any atom is 0.309 e. The molecule has 27 heavy (non-hydrogen) atoms. The summed E-state index contributed by atoms with van der Waals surface area (Å²) >= 11 is 0. The van der Waals surface area contributed by atoms with Gasteiger partial charge in [0.05, 0.1) is 19.3 Å². The van der Waals surface area contributed by atoms with Crippen LogP contribution in [0.25, 0.3) is 0 Å². The second-order valence-corrected chi connectivity index (χ2v) is 6.20. The lowest BCUT2D eigenvalue weighted by Crippen LogP contribution is -2.46. The minimum atomic E-state index is -0.654. The maximum absolute atomic E-state index is 12.2. The summed E-state index contributed by atoms with van der Waals surface area (Å²) in [4.78, 5) is 34.6. The van der Waals surface area contributed by atoms with Crippen molar-refractivity contribution >= 4 is 11.8 Å². The van der Waals surface area contributed by atoms with E-state index < -0.39 is 11.8 Å². The lowest BCUT2D eigenvalue weighted by Gasteiger charge is -2.34. The average Bonchev–Trinajstić information content (AvgIpc) is 2.74. The summed E-state index contributed by atoms with van der Waals surface area (Å²) in [5, 5.41) is 5.36. The van der Waals surface area contributed by atoms with Gasteiger partial charge in [-0.3, -0.25) is 24.5 Å².